The molecule has 2 nitrogen and oxygen atoms in total. The molecule has 1 fully saturated rings. The van der Waals surface area contributed by atoms with Crippen LogP contribution in [-0.4, -0.2) is 11.3 Å². The standard InChI is InChI=1S/C8H7ClF3NO.C5H6/c9-4-1-2-6(13)5(3-4)7(14)8(10,11)12;1-2-5-3-4-5/h1-3,7,14H,13H2;1,5H,3-4H2. The SMILES string of the molecule is C#CC1CC1.Nc1ccc(Cl)cc1C(O)C(F)(F)F. The molecule has 1 aromatic carbocycles. The summed E-state index contributed by atoms with van der Waals surface area (Å²) in [5, 5.41) is 8.99. The zero-order valence-electron chi connectivity index (χ0n) is 9.91. The van der Waals surface area contributed by atoms with E-state index in [1.807, 2.05) is 0 Å². The van der Waals surface area contributed by atoms with Gasteiger partial charge in [-0.15, -0.1) is 12.3 Å². The lowest BCUT2D eigenvalue weighted by Crippen LogP contribution is -2.21. The lowest BCUT2D eigenvalue weighted by molar-refractivity contribution is -0.206. The van der Waals surface area contributed by atoms with Gasteiger partial charge in [0, 0.05) is 22.2 Å². The fourth-order valence-corrected chi connectivity index (χ4v) is 1.39. The van der Waals surface area contributed by atoms with Gasteiger partial charge in [0.25, 0.3) is 0 Å². The Bertz CT molecular complexity index is 478. The van der Waals surface area contributed by atoms with Crippen molar-refractivity contribution < 1.29 is 18.3 Å². The monoisotopic (exact) mass is 291 g/mol. The highest BCUT2D eigenvalue weighted by Gasteiger charge is 2.40. The first-order valence-electron chi connectivity index (χ1n) is 5.51. The smallest absolute Gasteiger partial charge is 0.398 e. The van der Waals surface area contributed by atoms with Gasteiger partial charge in [0.2, 0.25) is 0 Å². The zero-order valence-corrected chi connectivity index (χ0v) is 10.7. The fraction of sp³-hybridized carbons (Fsp3) is 0.385. The molecule has 0 saturated heterocycles. The van der Waals surface area contributed by atoms with Gasteiger partial charge in [-0.2, -0.15) is 13.2 Å². The third-order valence-corrected chi connectivity index (χ3v) is 2.70. The van der Waals surface area contributed by atoms with Crippen LogP contribution in [0.5, 0.6) is 0 Å². The molecule has 1 aliphatic carbocycles. The molecular weight excluding hydrogens is 279 g/mol. The molecule has 0 heterocycles. The minimum atomic E-state index is -4.74. The number of aliphatic hydroxyl groups is 1. The Labute approximate surface area is 114 Å². The van der Waals surface area contributed by atoms with Crippen LogP contribution in [0.25, 0.3) is 0 Å². The van der Waals surface area contributed by atoms with Gasteiger partial charge in [-0.05, 0) is 31.0 Å². The first-order chi connectivity index (χ1) is 8.75. The van der Waals surface area contributed by atoms with Crippen LogP contribution in [0.15, 0.2) is 18.2 Å². The lowest BCUT2D eigenvalue weighted by Gasteiger charge is -2.16. The summed E-state index contributed by atoms with van der Waals surface area (Å²) in [7, 11) is 0. The van der Waals surface area contributed by atoms with E-state index in [1.165, 1.54) is 25.0 Å². The lowest BCUT2D eigenvalue weighted by atomic mass is 10.1. The maximum Gasteiger partial charge on any atom is 0.418 e. The highest BCUT2D eigenvalue weighted by Crippen LogP contribution is 2.36. The number of nitrogens with two attached hydrogens (primary N) is 1. The summed E-state index contributed by atoms with van der Waals surface area (Å²) in [6, 6.07) is 3.56. The second kappa shape index (κ2) is 6.18. The Morgan fingerprint density at radius 2 is 2.00 bits per heavy atom. The van der Waals surface area contributed by atoms with Crippen molar-refractivity contribution in [2.75, 3.05) is 5.73 Å². The van der Waals surface area contributed by atoms with Crippen LogP contribution < -0.4 is 5.73 Å². The first kappa shape index (κ1) is 15.7. The minimum Gasteiger partial charge on any atom is -0.398 e. The summed E-state index contributed by atoms with van der Waals surface area (Å²) in [4.78, 5) is 0. The Morgan fingerprint density at radius 3 is 2.37 bits per heavy atom. The van der Waals surface area contributed by atoms with E-state index in [0.29, 0.717) is 5.92 Å². The van der Waals surface area contributed by atoms with Crippen molar-refractivity contribution in [1.82, 2.24) is 0 Å². The summed E-state index contributed by atoms with van der Waals surface area (Å²) < 4.78 is 36.3. The molecule has 0 spiro atoms. The molecule has 0 bridgehead atoms. The van der Waals surface area contributed by atoms with Gasteiger partial charge in [-0.25, -0.2) is 0 Å². The van der Waals surface area contributed by atoms with Crippen molar-refractivity contribution >= 4 is 17.3 Å². The van der Waals surface area contributed by atoms with Crippen LogP contribution in [0.2, 0.25) is 5.02 Å². The van der Waals surface area contributed by atoms with Crippen LogP contribution in [0.1, 0.15) is 24.5 Å². The molecule has 0 aliphatic heterocycles. The highest BCUT2D eigenvalue weighted by atomic mass is 35.5. The van der Waals surface area contributed by atoms with Crippen molar-refractivity contribution in [3.63, 3.8) is 0 Å². The van der Waals surface area contributed by atoms with Crippen LogP contribution in [0.3, 0.4) is 0 Å². The summed E-state index contributed by atoms with van der Waals surface area (Å²) in [6.07, 6.45) is 0.199. The van der Waals surface area contributed by atoms with E-state index in [2.05, 4.69) is 5.92 Å². The van der Waals surface area contributed by atoms with E-state index < -0.39 is 17.8 Å². The number of hydrogen-bond acceptors (Lipinski definition) is 2. The number of nitrogen functional groups attached to an aromatic ring is 1. The zero-order chi connectivity index (χ0) is 14.6. The molecule has 1 aliphatic rings. The van der Waals surface area contributed by atoms with Crippen molar-refractivity contribution in [3.8, 4) is 12.3 Å². The molecule has 104 valence electrons. The Morgan fingerprint density at radius 1 is 1.42 bits per heavy atom. The molecular formula is C13H13ClF3NO. The predicted molar refractivity (Wildman–Crippen MR) is 68.4 cm³/mol. The Balaban J connectivity index is 0.000000300. The maximum atomic E-state index is 12.1. The number of anilines is 1. The highest BCUT2D eigenvalue weighted by molar-refractivity contribution is 6.30. The van der Waals surface area contributed by atoms with E-state index in [0.717, 1.165) is 6.07 Å². The molecule has 19 heavy (non-hydrogen) atoms. The summed E-state index contributed by atoms with van der Waals surface area (Å²) >= 11 is 5.48. The van der Waals surface area contributed by atoms with Gasteiger partial charge in [0.1, 0.15) is 0 Å². The number of terminal acetylenes is 1. The van der Waals surface area contributed by atoms with Gasteiger partial charge in [0.05, 0.1) is 0 Å². The quantitative estimate of drug-likeness (QED) is 0.614. The van der Waals surface area contributed by atoms with Crippen molar-refractivity contribution in [2.45, 2.75) is 25.1 Å². The van der Waals surface area contributed by atoms with Gasteiger partial charge in [-0.3, -0.25) is 0 Å². The predicted octanol–water partition coefficient (Wildman–Crippen LogP) is 3.55. The molecule has 1 saturated carbocycles. The number of hydrogen-bond donors (Lipinski definition) is 2. The fourth-order valence-electron chi connectivity index (χ4n) is 1.21. The summed E-state index contributed by atoms with van der Waals surface area (Å²) in [5.41, 5.74) is 4.70. The number of alkyl halides is 3. The number of benzene rings is 1. The van der Waals surface area contributed by atoms with Crippen molar-refractivity contribution in [2.24, 2.45) is 5.92 Å². The minimum absolute atomic E-state index is 0.0949. The van der Waals surface area contributed by atoms with Crippen LogP contribution in [0.4, 0.5) is 18.9 Å². The topological polar surface area (TPSA) is 46.2 Å². The molecule has 1 unspecified atom stereocenters. The van der Waals surface area contributed by atoms with Crippen LogP contribution in [-0.2, 0) is 0 Å². The van der Waals surface area contributed by atoms with Crippen LogP contribution in [0, 0.1) is 18.3 Å². The maximum absolute atomic E-state index is 12.1. The molecule has 2 rings (SSSR count). The first-order valence-corrected chi connectivity index (χ1v) is 5.89. The van der Waals surface area contributed by atoms with E-state index in [-0.39, 0.29) is 10.7 Å². The average molecular weight is 292 g/mol. The second-order valence-electron chi connectivity index (χ2n) is 4.16. The van der Waals surface area contributed by atoms with E-state index >= 15 is 0 Å². The molecule has 0 aromatic heterocycles. The molecule has 0 amide bonds. The van der Waals surface area contributed by atoms with Gasteiger partial charge < -0.3 is 10.8 Å². The van der Waals surface area contributed by atoms with Crippen molar-refractivity contribution in [3.05, 3.63) is 28.8 Å². The number of aliphatic hydroxyl groups excluding tert-OH is 1. The molecule has 1 aromatic rings. The summed E-state index contributed by atoms with van der Waals surface area (Å²) in [6.45, 7) is 0. The number of rotatable bonds is 1. The van der Waals surface area contributed by atoms with Crippen molar-refractivity contribution in [1.29, 1.82) is 0 Å². The van der Waals surface area contributed by atoms with E-state index in [9.17, 15) is 13.2 Å². The molecule has 0 radical (unpaired) electrons. The number of halogens is 4. The molecule has 6 heteroatoms. The second-order valence-corrected chi connectivity index (χ2v) is 4.59. The third-order valence-electron chi connectivity index (χ3n) is 2.47. The van der Waals surface area contributed by atoms with Gasteiger partial charge in [0.15, 0.2) is 6.10 Å². The normalized spacial score (nSPS) is 16.0. The third kappa shape index (κ3) is 5.01. The largest absolute Gasteiger partial charge is 0.418 e. The Kier molecular flexibility index (Phi) is 5.10. The molecule has 1 atom stereocenters. The molecule has 3 N–H and O–H groups in total. The Hall–Kier alpha value is -1.38. The van der Waals surface area contributed by atoms with Crippen LogP contribution >= 0.6 is 11.6 Å². The van der Waals surface area contributed by atoms with E-state index in [4.69, 9.17) is 28.9 Å². The summed E-state index contributed by atoms with van der Waals surface area (Å²) in [5.74, 6) is 3.30. The van der Waals surface area contributed by atoms with E-state index in [1.54, 1.807) is 0 Å². The average Bonchev–Trinajstić information content (AvgIpc) is 3.14. The van der Waals surface area contributed by atoms with Gasteiger partial charge >= 0.3 is 6.18 Å². The van der Waals surface area contributed by atoms with Gasteiger partial charge in [-0.1, -0.05) is 11.6 Å².